The van der Waals surface area contributed by atoms with E-state index in [0.717, 1.165) is 0 Å². The third-order valence-corrected chi connectivity index (χ3v) is 2.73. The van der Waals surface area contributed by atoms with Crippen LogP contribution in [0, 0.1) is 0 Å². The number of nitrogens with zero attached hydrogens (tertiary/aromatic N) is 2. The summed E-state index contributed by atoms with van der Waals surface area (Å²) in [6, 6.07) is 1.69. The van der Waals surface area contributed by atoms with Crippen LogP contribution in [0.3, 0.4) is 0 Å². The van der Waals surface area contributed by atoms with Gasteiger partial charge in [0.15, 0.2) is 6.61 Å². The lowest BCUT2D eigenvalue weighted by molar-refractivity contribution is -0.148. The monoisotopic (exact) mass is 338 g/mol. The fourth-order valence-corrected chi connectivity index (χ4v) is 1.63. The average molecular weight is 338 g/mol. The van der Waals surface area contributed by atoms with E-state index in [1.807, 2.05) is 0 Å². The minimum atomic E-state index is -0.500. The third kappa shape index (κ3) is 9.34. The van der Waals surface area contributed by atoms with Gasteiger partial charge in [-0.15, -0.1) is 0 Å². The van der Waals surface area contributed by atoms with Crippen LogP contribution >= 0.6 is 0 Å². The fraction of sp³-hybridized carbons (Fsp3) is 0.533. The lowest BCUT2D eigenvalue weighted by atomic mass is 10.3. The fourth-order valence-electron chi connectivity index (χ4n) is 1.63. The Hall–Kier alpha value is -2.71. The smallest absolute Gasteiger partial charge is 0.308 e. The van der Waals surface area contributed by atoms with Crippen LogP contribution in [0.4, 0.5) is 5.95 Å². The topological polar surface area (TPSA) is 120 Å². The normalized spacial score (nSPS) is 9.88. The molecule has 0 spiro atoms. The number of esters is 2. The highest BCUT2D eigenvalue weighted by atomic mass is 16.5. The van der Waals surface area contributed by atoms with Gasteiger partial charge < -0.3 is 20.1 Å². The van der Waals surface area contributed by atoms with Crippen molar-refractivity contribution in [3.05, 3.63) is 18.5 Å². The molecule has 9 heteroatoms. The van der Waals surface area contributed by atoms with Gasteiger partial charge in [-0.3, -0.25) is 14.4 Å². The first-order valence-electron chi connectivity index (χ1n) is 7.70. The van der Waals surface area contributed by atoms with E-state index in [1.54, 1.807) is 25.4 Å². The zero-order chi connectivity index (χ0) is 17.6. The van der Waals surface area contributed by atoms with E-state index in [4.69, 9.17) is 9.47 Å². The van der Waals surface area contributed by atoms with Crippen molar-refractivity contribution in [1.29, 1.82) is 0 Å². The number of hydrogen-bond acceptors (Lipinski definition) is 8. The van der Waals surface area contributed by atoms with Gasteiger partial charge in [0.1, 0.15) is 0 Å². The predicted octanol–water partition coefficient (Wildman–Crippen LogP) is 0.281. The second-order valence-corrected chi connectivity index (χ2v) is 4.67. The lowest BCUT2D eigenvalue weighted by Gasteiger charge is -2.07. The van der Waals surface area contributed by atoms with E-state index in [1.165, 1.54) is 0 Å². The van der Waals surface area contributed by atoms with Crippen molar-refractivity contribution in [2.75, 3.05) is 31.6 Å². The van der Waals surface area contributed by atoms with Crippen LogP contribution in [0.2, 0.25) is 0 Å². The first-order chi connectivity index (χ1) is 11.6. The van der Waals surface area contributed by atoms with E-state index in [0.29, 0.717) is 32.1 Å². The highest BCUT2D eigenvalue weighted by molar-refractivity contribution is 5.80. The zero-order valence-electron chi connectivity index (χ0n) is 13.6. The van der Waals surface area contributed by atoms with E-state index in [2.05, 4.69) is 20.6 Å². The second kappa shape index (κ2) is 11.8. The molecule has 0 bridgehead atoms. The van der Waals surface area contributed by atoms with E-state index in [9.17, 15) is 14.4 Å². The summed E-state index contributed by atoms with van der Waals surface area (Å²) in [7, 11) is 0. The summed E-state index contributed by atoms with van der Waals surface area (Å²) in [6.45, 7) is 2.36. The quantitative estimate of drug-likeness (QED) is 0.436. The largest absolute Gasteiger partial charge is 0.466 e. The molecule has 9 nitrogen and oxygen atoms in total. The molecule has 0 saturated carbocycles. The second-order valence-electron chi connectivity index (χ2n) is 4.67. The van der Waals surface area contributed by atoms with Gasteiger partial charge >= 0.3 is 11.9 Å². The Morgan fingerprint density at radius 2 is 1.75 bits per heavy atom. The highest BCUT2D eigenvalue weighted by Crippen LogP contribution is 1.95. The van der Waals surface area contributed by atoms with E-state index < -0.39 is 11.9 Å². The Labute approximate surface area is 140 Å². The molecule has 1 heterocycles. The molecule has 0 fully saturated rings. The standard InChI is InChI=1S/C15H22N4O5/c1-2-23-13(21)5-3-7-16-12(20)11-24-14(22)6-10-19-15-17-8-4-9-18-15/h4,8-9H,2-3,5-7,10-11H2,1H3,(H,16,20)(H,17,18,19). The number of carbonyl (C=O) groups excluding carboxylic acids is 3. The van der Waals surface area contributed by atoms with Crippen LogP contribution in [-0.2, 0) is 23.9 Å². The highest BCUT2D eigenvalue weighted by Gasteiger charge is 2.08. The van der Waals surface area contributed by atoms with Gasteiger partial charge in [0.05, 0.1) is 13.0 Å². The van der Waals surface area contributed by atoms with Crippen molar-refractivity contribution in [2.45, 2.75) is 26.2 Å². The first-order valence-corrected chi connectivity index (χ1v) is 7.70. The Bertz CT molecular complexity index is 524. The van der Waals surface area contributed by atoms with Crippen LogP contribution < -0.4 is 10.6 Å². The van der Waals surface area contributed by atoms with Crippen LogP contribution in [0.5, 0.6) is 0 Å². The third-order valence-electron chi connectivity index (χ3n) is 2.73. The number of carbonyl (C=O) groups is 3. The number of rotatable bonds is 11. The molecule has 0 radical (unpaired) electrons. The number of hydrogen-bond donors (Lipinski definition) is 2. The molecule has 2 N–H and O–H groups in total. The Kier molecular flexibility index (Phi) is 9.51. The van der Waals surface area contributed by atoms with Crippen molar-refractivity contribution >= 4 is 23.8 Å². The maximum absolute atomic E-state index is 11.5. The maximum Gasteiger partial charge on any atom is 0.308 e. The van der Waals surface area contributed by atoms with Crippen LogP contribution in [-0.4, -0.2) is 54.1 Å². The van der Waals surface area contributed by atoms with Crippen LogP contribution in [0.15, 0.2) is 18.5 Å². The molecule has 1 aromatic heterocycles. The Morgan fingerprint density at radius 3 is 2.46 bits per heavy atom. The molecule has 0 aliphatic carbocycles. The molecule has 0 aliphatic rings. The van der Waals surface area contributed by atoms with Gasteiger partial charge in [-0.05, 0) is 19.4 Å². The number of amides is 1. The molecule has 1 rings (SSSR count). The summed E-state index contributed by atoms with van der Waals surface area (Å²) >= 11 is 0. The van der Waals surface area contributed by atoms with Crippen LogP contribution in [0.25, 0.3) is 0 Å². The van der Waals surface area contributed by atoms with Gasteiger partial charge in [0, 0.05) is 31.9 Å². The number of anilines is 1. The molecular weight excluding hydrogens is 316 g/mol. The molecule has 0 unspecified atom stereocenters. The van der Waals surface area contributed by atoms with Gasteiger partial charge in [0.25, 0.3) is 5.91 Å². The number of nitrogens with one attached hydrogen (secondary N) is 2. The van der Waals surface area contributed by atoms with Crippen molar-refractivity contribution in [2.24, 2.45) is 0 Å². The molecular formula is C15H22N4O5. The summed E-state index contributed by atoms with van der Waals surface area (Å²) in [6.07, 6.45) is 3.97. The molecule has 1 aromatic rings. The maximum atomic E-state index is 11.5. The van der Waals surface area contributed by atoms with Crippen molar-refractivity contribution < 1.29 is 23.9 Å². The molecule has 0 atom stereocenters. The average Bonchev–Trinajstić information content (AvgIpc) is 2.58. The zero-order valence-corrected chi connectivity index (χ0v) is 13.6. The molecule has 24 heavy (non-hydrogen) atoms. The van der Waals surface area contributed by atoms with Gasteiger partial charge in [-0.1, -0.05) is 0 Å². The van der Waals surface area contributed by atoms with Gasteiger partial charge in [-0.25, -0.2) is 9.97 Å². The molecule has 132 valence electrons. The summed E-state index contributed by atoms with van der Waals surface area (Å²) < 4.78 is 9.60. The van der Waals surface area contributed by atoms with Gasteiger partial charge in [0.2, 0.25) is 5.95 Å². The Morgan fingerprint density at radius 1 is 1.04 bits per heavy atom. The predicted molar refractivity (Wildman–Crippen MR) is 85.0 cm³/mol. The van der Waals surface area contributed by atoms with Crippen molar-refractivity contribution in [3.63, 3.8) is 0 Å². The number of aromatic nitrogens is 2. The minimum Gasteiger partial charge on any atom is -0.466 e. The Balaban J connectivity index is 2.03. The van der Waals surface area contributed by atoms with Gasteiger partial charge in [-0.2, -0.15) is 0 Å². The first kappa shape index (κ1) is 19.3. The van der Waals surface area contributed by atoms with E-state index >= 15 is 0 Å². The van der Waals surface area contributed by atoms with E-state index in [-0.39, 0.29) is 25.4 Å². The molecule has 0 aliphatic heterocycles. The van der Waals surface area contributed by atoms with Crippen molar-refractivity contribution in [3.8, 4) is 0 Å². The summed E-state index contributed by atoms with van der Waals surface area (Å²) in [5, 5.41) is 5.42. The SMILES string of the molecule is CCOC(=O)CCCNC(=O)COC(=O)CCNc1ncccn1. The summed E-state index contributed by atoms with van der Waals surface area (Å²) in [4.78, 5) is 41.9. The lowest BCUT2D eigenvalue weighted by Crippen LogP contribution is -2.30. The summed E-state index contributed by atoms with van der Waals surface area (Å²) in [5.74, 6) is -0.788. The van der Waals surface area contributed by atoms with Crippen LogP contribution in [0.1, 0.15) is 26.2 Å². The molecule has 0 saturated heterocycles. The summed E-state index contributed by atoms with van der Waals surface area (Å²) in [5.41, 5.74) is 0. The minimum absolute atomic E-state index is 0.0917. The number of ether oxygens (including phenoxy) is 2. The van der Waals surface area contributed by atoms with Crippen molar-refractivity contribution in [1.82, 2.24) is 15.3 Å². The molecule has 1 amide bonds. The molecule has 0 aromatic carbocycles.